The van der Waals surface area contributed by atoms with Gasteiger partial charge < -0.3 is 25.6 Å². The fraction of sp³-hybridized carbons (Fsp3) is 0.579. The standard InChI is InChI=1S/C19H30N6O3/c1-4-28-19(27)25-12-9-15(10-13-25)23-18(20-3)21-11-8-17(26)24-16-7-5-6-14(2)22-16/h5-7,15H,4,8-13H2,1-3H3,(H2,20,21,23)(H,22,24,26). The van der Waals surface area contributed by atoms with Crippen LogP contribution < -0.4 is 16.0 Å². The molecule has 0 aliphatic carbocycles. The molecule has 1 saturated heterocycles. The van der Waals surface area contributed by atoms with Gasteiger partial charge in [0.2, 0.25) is 5.91 Å². The van der Waals surface area contributed by atoms with E-state index in [-0.39, 0.29) is 18.0 Å². The molecule has 0 unspecified atom stereocenters. The summed E-state index contributed by atoms with van der Waals surface area (Å²) in [6.07, 6.45) is 1.69. The zero-order valence-corrected chi connectivity index (χ0v) is 16.8. The summed E-state index contributed by atoms with van der Waals surface area (Å²) in [6.45, 7) is 5.84. The second-order valence-electron chi connectivity index (χ2n) is 6.57. The second kappa shape index (κ2) is 11.1. The normalized spacial score (nSPS) is 15.1. The number of piperidine rings is 1. The molecule has 1 aliphatic heterocycles. The van der Waals surface area contributed by atoms with Crippen molar-refractivity contribution >= 4 is 23.8 Å². The van der Waals surface area contributed by atoms with Crippen LogP contribution in [0.3, 0.4) is 0 Å². The third-order valence-electron chi connectivity index (χ3n) is 4.39. The molecule has 9 nitrogen and oxygen atoms in total. The molecule has 1 aromatic rings. The number of aliphatic imine (C=N–C) groups is 1. The number of nitrogens with one attached hydrogen (secondary N) is 3. The van der Waals surface area contributed by atoms with Crippen molar-refractivity contribution in [3.8, 4) is 0 Å². The zero-order chi connectivity index (χ0) is 20.4. The molecule has 0 aromatic carbocycles. The average Bonchev–Trinajstić information content (AvgIpc) is 2.68. The van der Waals surface area contributed by atoms with Crippen molar-refractivity contribution < 1.29 is 14.3 Å². The first-order chi connectivity index (χ1) is 13.5. The first-order valence-electron chi connectivity index (χ1n) is 9.64. The summed E-state index contributed by atoms with van der Waals surface area (Å²) in [5, 5.41) is 9.28. The number of ether oxygens (including phenoxy) is 1. The van der Waals surface area contributed by atoms with Crippen LogP contribution in [0.5, 0.6) is 0 Å². The molecule has 0 radical (unpaired) electrons. The quantitative estimate of drug-likeness (QED) is 0.502. The number of likely N-dealkylation sites (tertiary alicyclic amines) is 1. The van der Waals surface area contributed by atoms with Gasteiger partial charge >= 0.3 is 6.09 Å². The Labute approximate surface area is 165 Å². The smallest absolute Gasteiger partial charge is 0.409 e. The van der Waals surface area contributed by atoms with Crippen LogP contribution in [0.1, 0.15) is 31.9 Å². The van der Waals surface area contributed by atoms with Gasteiger partial charge in [-0.1, -0.05) is 6.07 Å². The maximum atomic E-state index is 12.0. The van der Waals surface area contributed by atoms with Gasteiger partial charge in [0.25, 0.3) is 0 Å². The van der Waals surface area contributed by atoms with E-state index in [0.29, 0.717) is 44.4 Å². The van der Waals surface area contributed by atoms with E-state index in [1.807, 2.05) is 19.1 Å². The lowest BCUT2D eigenvalue weighted by Gasteiger charge is -2.32. The number of aromatic nitrogens is 1. The van der Waals surface area contributed by atoms with Crippen LogP contribution in [0.4, 0.5) is 10.6 Å². The van der Waals surface area contributed by atoms with Crippen molar-refractivity contribution in [2.24, 2.45) is 4.99 Å². The maximum absolute atomic E-state index is 12.0. The summed E-state index contributed by atoms with van der Waals surface area (Å²) in [5.74, 6) is 1.10. The van der Waals surface area contributed by atoms with Gasteiger partial charge in [-0.05, 0) is 38.8 Å². The summed E-state index contributed by atoms with van der Waals surface area (Å²) < 4.78 is 5.03. The van der Waals surface area contributed by atoms with Gasteiger partial charge in [0.1, 0.15) is 5.82 Å². The van der Waals surface area contributed by atoms with E-state index in [4.69, 9.17) is 4.74 Å². The summed E-state index contributed by atoms with van der Waals surface area (Å²) in [5.41, 5.74) is 0.856. The Morgan fingerprint density at radius 3 is 2.71 bits per heavy atom. The Morgan fingerprint density at radius 2 is 2.07 bits per heavy atom. The lowest BCUT2D eigenvalue weighted by molar-refractivity contribution is -0.116. The number of anilines is 1. The molecular weight excluding hydrogens is 360 g/mol. The number of amides is 2. The molecule has 2 heterocycles. The molecule has 28 heavy (non-hydrogen) atoms. The van der Waals surface area contributed by atoms with Crippen LogP contribution in [0, 0.1) is 6.92 Å². The monoisotopic (exact) mass is 390 g/mol. The average molecular weight is 390 g/mol. The third-order valence-corrected chi connectivity index (χ3v) is 4.39. The van der Waals surface area contributed by atoms with E-state index >= 15 is 0 Å². The number of carbonyl (C=O) groups is 2. The van der Waals surface area contributed by atoms with E-state index in [1.165, 1.54) is 0 Å². The van der Waals surface area contributed by atoms with E-state index in [2.05, 4.69) is 25.9 Å². The van der Waals surface area contributed by atoms with Crippen molar-refractivity contribution in [1.82, 2.24) is 20.5 Å². The molecule has 3 N–H and O–H groups in total. The molecule has 1 aliphatic rings. The van der Waals surface area contributed by atoms with Crippen LogP contribution in [-0.4, -0.2) is 67.2 Å². The Hall–Kier alpha value is -2.84. The highest BCUT2D eigenvalue weighted by Crippen LogP contribution is 2.11. The van der Waals surface area contributed by atoms with E-state index in [9.17, 15) is 9.59 Å². The summed E-state index contributed by atoms with van der Waals surface area (Å²) in [7, 11) is 1.69. The molecule has 9 heteroatoms. The largest absolute Gasteiger partial charge is 0.450 e. The number of guanidine groups is 1. The molecule has 1 fully saturated rings. The van der Waals surface area contributed by atoms with Gasteiger partial charge in [-0.2, -0.15) is 0 Å². The summed E-state index contributed by atoms with van der Waals surface area (Å²) >= 11 is 0. The van der Waals surface area contributed by atoms with E-state index in [0.717, 1.165) is 18.5 Å². The number of hydrogen-bond acceptors (Lipinski definition) is 5. The van der Waals surface area contributed by atoms with Crippen molar-refractivity contribution in [2.45, 2.75) is 39.2 Å². The predicted molar refractivity (Wildman–Crippen MR) is 108 cm³/mol. The topological polar surface area (TPSA) is 108 Å². The molecule has 0 bridgehead atoms. The molecule has 0 saturated carbocycles. The summed E-state index contributed by atoms with van der Waals surface area (Å²) in [4.78, 5) is 34.0. The van der Waals surface area contributed by atoms with Crippen LogP contribution in [0.25, 0.3) is 0 Å². The predicted octanol–water partition coefficient (Wildman–Crippen LogP) is 1.50. The van der Waals surface area contributed by atoms with Crippen molar-refractivity contribution in [2.75, 3.05) is 38.6 Å². The second-order valence-corrected chi connectivity index (χ2v) is 6.57. The Bertz CT molecular complexity index is 686. The van der Waals surface area contributed by atoms with Crippen LogP contribution >= 0.6 is 0 Å². The van der Waals surface area contributed by atoms with E-state index in [1.54, 1.807) is 24.9 Å². The Morgan fingerprint density at radius 1 is 1.32 bits per heavy atom. The zero-order valence-electron chi connectivity index (χ0n) is 16.8. The highest BCUT2D eigenvalue weighted by molar-refractivity contribution is 5.90. The van der Waals surface area contributed by atoms with Crippen LogP contribution in [0.2, 0.25) is 0 Å². The van der Waals surface area contributed by atoms with Gasteiger partial charge in [-0.25, -0.2) is 9.78 Å². The highest BCUT2D eigenvalue weighted by Gasteiger charge is 2.24. The fourth-order valence-electron chi connectivity index (χ4n) is 2.92. The first kappa shape index (κ1) is 21.5. The van der Waals surface area contributed by atoms with Gasteiger partial charge in [0.15, 0.2) is 5.96 Å². The number of carbonyl (C=O) groups excluding carboxylic acids is 2. The first-order valence-corrected chi connectivity index (χ1v) is 9.64. The molecule has 2 amide bonds. The SMILES string of the molecule is CCOC(=O)N1CCC(NC(=NC)NCCC(=O)Nc2cccc(C)n2)CC1. The molecule has 154 valence electrons. The minimum absolute atomic E-state index is 0.108. The van der Waals surface area contributed by atoms with Gasteiger partial charge in [0, 0.05) is 44.8 Å². The van der Waals surface area contributed by atoms with Crippen LogP contribution in [0.15, 0.2) is 23.2 Å². The lowest BCUT2D eigenvalue weighted by Crippen LogP contribution is -2.50. The van der Waals surface area contributed by atoms with Gasteiger partial charge in [-0.3, -0.25) is 9.79 Å². The number of rotatable bonds is 6. The van der Waals surface area contributed by atoms with Gasteiger partial charge in [-0.15, -0.1) is 0 Å². The number of hydrogen-bond donors (Lipinski definition) is 3. The number of aryl methyl sites for hydroxylation is 1. The van der Waals surface area contributed by atoms with Gasteiger partial charge in [0.05, 0.1) is 6.61 Å². The minimum atomic E-state index is -0.252. The molecular formula is C19H30N6O3. The van der Waals surface area contributed by atoms with Crippen molar-refractivity contribution in [3.05, 3.63) is 23.9 Å². The van der Waals surface area contributed by atoms with Crippen LogP contribution in [-0.2, 0) is 9.53 Å². The third kappa shape index (κ3) is 7.05. The summed E-state index contributed by atoms with van der Waals surface area (Å²) in [6, 6.07) is 5.73. The number of pyridine rings is 1. The minimum Gasteiger partial charge on any atom is -0.450 e. The molecule has 1 aromatic heterocycles. The number of nitrogens with zero attached hydrogens (tertiary/aromatic N) is 3. The Balaban J connectivity index is 1.68. The van der Waals surface area contributed by atoms with Crippen molar-refractivity contribution in [1.29, 1.82) is 0 Å². The highest BCUT2D eigenvalue weighted by atomic mass is 16.6. The fourth-order valence-corrected chi connectivity index (χ4v) is 2.92. The van der Waals surface area contributed by atoms with E-state index < -0.39 is 0 Å². The Kier molecular flexibility index (Phi) is 8.51. The molecule has 0 atom stereocenters. The molecule has 0 spiro atoms. The maximum Gasteiger partial charge on any atom is 0.409 e. The van der Waals surface area contributed by atoms with Crippen molar-refractivity contribution in [3.63, 3.8) is 0 Å². The molecule has 2 rings (SSSR count). The lowest BCUT2D eigenvalue weighted by atomic mass is 10.1.